The molecule has 150 valence electrons. The van der Waals surface area contributed by atoms with Crippen LogP contribution in [0.3, 0.4) is 0 Å². The minimum Gasteiger partial charge on any atom is -0.481 e. The molecule has 0 radical (unpaired) electrons. The minimum atomic E-state index is -1.13. The van der Waals surface area contributed by atoms with Crippen LogP contribution in [0.25, 0.3) is 0 Å². The third-order valence-corrected chi connectivity index (χ3v) is 7.82. The van der Waals surface area contributed by atoms with Gasteiger partial charge in [-0.15, -0.1) is 6.58 Å². The van der Waals surface area contributed by atoms with Crippen LogP contribution in [0.2, 0.25) is 0 Å². The Hall–Kier alpha value is -1.58. The zero-order valence-corrected chi connectivity index (χ0v) is 17.1. The van der Waals surface area contributed by atoms with Crippen LogP contribution in [0.1, 0.15) is 78.6 Å². The van der Waals surface area contributed by atoms with Gasteiger partial charge < -0.3 is 9.84 Å². The Kier molecular flexibility index (Phi) is 5.31. The quantitative estimate of drug-likeness (QED) is 0.404. The smallest absolute Gasteiger partial charge is 0.317 e. The molecule has 0 aromatic heterocycles. The fourth-order valence-electron chi connectivity index (χ4n) is 6.29. The number of ether oxygens (including phenoxy) is 1. The molecule has 4 nitrogen and oxygen atoms in total. The molecule has 0 spiro atoms. The lowest BCUT2D eigenvalue weighted by atomic mass is 9.47. The van der Waals surface area contributed by atoms with E-state index in [0.717, 1.165) is 38.5 Å². The standard InChI is InChI=1S/C23H34O4/c1-5-21(2)12-9-17-16(14-21)7-8-18-22(3,10-6-11-23(17,18)4)15-27-20(26)13-19(24)25/h5,18H,1,6-15H2,2-4H3,(H,24,25)/t18-,21-,22+,23+/m1/s1. The van der Waals surface area contributed by atoms with Gasteiger partial charge in [-0.1, -0.05) is 44.4 Å². The molecule has 0 bridgehead atoms. The molecule has 0 aliphatic heterocycles. The Morgan fingerprint density at radius 3 is 2.63 bits per heavy atom. The third-order valence-electron chi connectivity index (χ3n) is 7.82. The maximum absolute atomic E-state index is 11.8. The Bertz CT molecular complexity index is 678. The van der Waals surface area contributed by atoms with Crippen LogP contribution in [0, 0.1) is 22.2 Å². The van der Waals surface area contributed by atoms with E-state index in [2.05, 4.69) is 33.4 Å². The number of hydrogen-bond acceptors (Lipinski definition) is 3. The fraction of sp³-hybridized carbons (Fsp3) is 0.739. The lowest BCUT2D eigenvalue weighted by molar-refractivity contribution is -0.157. The molecular weight excluding hydrogens is 340 g/mol. The van der Waals surface area contributed by atoms with Crippen molar-refractivity contribution < 1.29 is 19.4 Å². The Morgan fingerprint density at radius 1 is 1.22 bits per heavy atom. The second-order valence-corrected chi connectivity index (χ2v) is 9.86. The highest BCUT2D eigenvalue weighted by atomic mass is 16.5. The molecule has 0 saturated heterocycles. The van der Waals surface area contributed by atoms with Gasteiger partial charge in [0.2, 0.25) is 0 Å². The summed E-state index contributed by atoms with van der Waals surface area (Å²) in [5.41, 5.74) is 3.66. The molecule has 1 N–H and O–H groups in total. The van der Waals surface area contributed by atoms with Gasteiger partial charge in [0.05, 0.1) is 6.61 Å². The summed E-state index contributed by atoms with van der Waals surface area (Å²) in [6.07, 6.45) is 10.7. The predicted octanol–water partition coefficient (Wildman–Crippen LogP) is 5.28. The average Bonchev–Trinajstić information content (AvgIpc) is 2.59. The summed E-state index contributed by atoms with van der Waals surface area (Å²) < 4.78 is 5.43. The first-order valence-electron chi connectivity index (χ1n) is 10.3. The first kappa shape index (κ1) is 20.2. The number of carbonyl (C=O) groups is 2. The van der Waals surface area contributed by atoms with Crippen LogP contribution in [-0.2, 0) is 14.3 Å². The molecule has 0 amide bonds. The fourth-order valence-corrected chi connectivity index (χ4v) is 6.29. The summed E-state index contributed by atoms with van der Waals surface area (Å²) in [7, 11) is 0. The first-order valence-corrected chi connectivity index (χ1v) is 10.3. The van der Waals surface area contributed by atoms with E-state index in [9.17, 15) is 9.59 Å². The number of esters is 1. The molecule has 3 aliphatic rings. The maximum Gasteiger partial charge on any atom is 0.317 e. The van der Waals surface area contributed by atoms with Crippen molar-refractivity contribution in [3.05, 3.63) is 23.8 Å². The van der Waals surface area contributed by atoms with E-state index in [0.29, 0.717) is 12.5 Å². The third kappa shape index (κ3) is 3.72. The van der Waals surface area contributed by atoms with Gasteiger partial charge in [-0.25, -0.2) is 0 Å². The number of carbonyl (C=O) groups excluding carboxylic acids is 1. The van der Waals surface area contributed by atoms with Crippen LogP contribution in [0.4, 0.5) is 0 Å². The summed E-state index contributed by atoms with van der Waals surface area (Å²) in [5.74, 6) is -1.26. The Morgan fingerprint density at radius 2 is 1.96 bits per heavy atom. The molecule has 1 fully saturated rings. The summed E-state index contributed by atoms with van der Waals surface area (Å²) in [4.78, 5) is 22.5. The van der Waals surface area contributed by atoms with Crippen molar-refractivity contribution in [2.75, 3.05) is 6.61 Å². The molecule has 0 aromatic carbocycles. The largest absolute Gasteiger partial charge is 0.481 e. The van der Waals surface area contributed by atoms with E-state index in [-0.39, 0.29) is 16.2 Å². The molecular formula is C23H34O4. The van der Waals surface area contributed by atoms with Crippen molar-refractivity contribution in [3.63, 3.8) is 0 Å². The van der Waals surface area contributed by atoms with Crippen LogP contribution in [0.5, 0.6) is 0 Å². The van der Waals surface area contributed by atoms with E-state index in [1.807, 2.05) is 0 Å². The molecule has 0 aromatic rings. The molecule has 3 aliphatic carbocycles. The monoisotopic (exact) mass is 374 g/mol. The summed E-state index contributed by atoms with van der Waals surface area (Å²) in [5, 5.41) is 8.79. The molecule has 4 heteroatoms. The van der Waals surface area contributed by atoms with Crippen LogP contribution >= 0.6 is 0 Å². The average molecular weight is 375 g/mol. The SMILES string of the molecule is C=C[C@]1(C)CCC2=C(CC[C@@H]3[C@](C)(COC(=O)CC(=O)O)CCC[C@@]23C)C1. The lowest BCUT2D eigenvalue weighted by Gasteiger charge is -2.57. The molecule has 0 heterocycles. The van der Waals surface area contributed by atoms with Gasteiger partial charge in [0.25, 0.3) is 0 Å². The summed E-state index contributed by atoms with van der Waals surface area (Å²) in [6.45, 7) is 11.4. The molecule has 1 saturated carbocycles. The highest BCUT2D eigenvalue weighted by Crippen LogP contribution is 2.63. The van der Waals surface area contributed by atoms with Gasteiger partial charge in [0, 0.05) is 5.41 Å². The second-order valence-electron chi connectivity index (χ2n) is 9.86. The highest BCUT2D eigenvalue weighted by molar-refractivity contribution is 5.90. The van der Waals surface area contributed by atoms with Gasteiger partial charge >= 0.3 is 11.9 Å². The number of allylic oxidation sites excluding steroid dienone is 3. The summed E-state index contributed by atoms with van der Waals surface area (Å²) in [6, 6.07) is 0. The number of carboxylic acids is 1. The first-order chi connectivity index (χ1) is 12.6. The molecule has 3 rings (SSSR count). The van der Waals surface area contributed by atoms with E-state index >= 15 is 0 Å². The number of hydrogen-bond donors (Lipinski definition) is 1. The van der Waals surface area contributed by atoms with Crippen molar-refractivity contribution >= 4 is 11.9 Å². The zero-order chi connectivity index (χ0) is 19.9. The van der Waals surface area contributed by atoms with Crippen molar-refractivity contribution in [2.24, 2.45) is 22.2 Å². The minimum absolute atomic E-state index is 0.0706. The summed E-state index contributed by atoms with van der Waals surface area (Å²) >= 11 is 0. The predicted molar refractivity (Wildman–Crippen MR) is 105 cm³/mol. The lowest BCUT2D eigenvalue weighted by Crippen LogP contribution is -2.50. The van der Waals surface area contributed by atoms with E-state index in [1.54, 1.807) is 11.1 Å². The van der Waals surface area contributed by atoms with E-state index in [4.69, 9.17) is 9.84 Å². The van der Waals surface area contributed by atoms with Gasteiger partial charge in [-0.2, -0.15) is 0 Å². The van der Waals surface area contributed by atoms with Crippen LogP contribution < -0.4 is 0 Å². The van der Waals surface area contributed by atoms with Gasteiger partial charge in [0.1, 0.15) is 6.42 Å². The highest BCUT2D eigenvalue weighted by Gasteiger charge is 2.53. The van der Waals surface area contributed by atoms with E-state index in [1.165, 1.54) is 12.8 Å². The number of rotatable bonds is 5. The van der Waals surface area contributed by atoms with Crippen molar-refractivity contribution in [2.45, 2.75) is 78.6 Å². The van der Waals surface area contributed by atoms with Gasteiger partial charge in [-0.05, 0) is 61.7 Å². The number of carboxylic acid groups (broad SMARTS) is 1. The normalized spacial score (nSPS) is 38.6. The Labute approximate surface area is 163 Å². The van der Waals surface area contributed by atoms with Crippen LogP contribution in [-0.4, -0.2) is 23.7 Å². The molecule has 4 atom stereocenters. The molecule has 27 heavy (non-hydrogen) atoms. The van der Waals surface area contributed by atoms with Gasteiger partial charge in [-0.3, -0.25) is 9.59 Å². The van der Waals surface area contributed by atoms with Crippen molar-refractivity contribution in [1.29, 1.82) is 0 Å². The van der Waals surface area contributed by atoms with Gasteiger partial charge in [0.15, 0.2) is 0 Å². The second kappa shape index (κ2) is 7.10. The maximum atomic E-state index is 11.8. The molecule has 0 unspecified atom stereocenters. The Balaban J connectivity index is 1.80. The van der Waals surface area contributed by atoms with Crippen LogP contribution in [0.15, 0.2) is 23.8 Å². The van der Waals surface area contributed by atoms with Crippen molar-refractivity contribution in [3.8, 4) is 0 Å². The number of fused-ring (bicyclic) bond motifs is 2. The van der Waals surface area contributed by atoms with Crippen molar-refractivity contribution in [1.82, 2.24) is 0 Å². The van der Waals surface area contributed by atoms with E-state index < -0.39 is 18.4 Å². The number of aliphatic carboxylic acids is 1. The zero-order valence-electron chi connectivity index (χ0n) is 17.1. The topological polar surface area (TPSA) is 63.6 Å².